The van der Waals surface area contributed by atoms with Crippen LogP contribution in [0.25, 0.3) is 0 Å². The molecule has 0 amide bonds. The van der Waals surface area contributed by atoms with Gasteiger partial charge in [-0.15, -0.1) is 11.3 Å². The maximum absolute atomic E-state index is 9.12. The van der Waals surface area contributed by atoms with Crippen molar-refractivity contribution in [1.29, 1.82) is 0 Å². The van der Waals surface area contributed by atoms with Crippen LogP contribution in [-0.4, -0.2) is 57.6 Å². The summed E-state index contributed by atoms with van der Waals surface area (Å²) in [6.45, 7) is 12.0. The Morgan fingerprint density at radius 3 is 2.52 bits per heavy atom. The third-order valence-corrected chi connectivity index (χ3v) is 5.49. The minimum Gasteiger partial charge on any atom is -0.394 e. The average Bonchev–Trinajstić information content (AvgIpc) is 3.08. The molecular weight excluding hydrogens is 310 g/mol. The standard InChI is InChI=1S/C16H25N5OS/c1-12-11-23-16(17-12)20-6-4-19(5-7-20)10-15-13(2)18-21(8-9-22)14(15)3/h11,22H,4-10H2,1-3H3. The first-order valence-corrected chi connectivity index (χ1v) is 8.99. The van der Waals surface area contributed by atoms with E-state index in [0.717, 1.165) is 49.2 Å². The normalized spacial score (nSPS) is 16.3. The molecule has 0 saturated carbocycles. The molecule has 0 radical (unpaired) electrons. The van der Waals surface area contributed by atoms with Gasteiger partial charge in [-0.3, -0.25) is 9.58 Å². The van der Waals surface area contributed by atoms with Gasteiger partial charge in [-0.2, -0.15) is 5.10 Å². The zero-order valence-corrected chi connectivity index (χ0v) is 14.9. The molecule has 126 valence electrons. The number of aliphatic hydroxyl groups excluding tert-OH is 1. The van der Waals surface area contributed by atoms with Gasteiger partial charge in [0.25, 0.3) is 0 Å². The predicted octanol–water partition coefficient (Wildman–Crippen LogP) is 1.58. The van der Waals surface area contributed by atoms with Crippen LogP contribution in [0.3, 0.4) is 0 Å². The Morgan fingerprint density at radius 1 is 1.17 bits per heavy atom. The van der Waals surface area contributed by atoms with Crippen molar-refractivity contribution >= 4 is 16.5 Å². The van der Waals surface area contributed by atoms with Crippen molar-refractivity contribution < 1.29 is 5.11 Å². The molecule has 23 heavy (non-hydrogen) atoms. The van der Waals surface area contributed by atoms with Crippen LogP contribution in [0.4, 0.5) is 5.13 Å². The van der Waals surface area contributed by atoms with Gasteiger partial charge in [-0.1, -0.05) is 0 Å². The van der Waals surface area contributed by atoms with Crippen LogP contribution in [-0.2, 0) is 13.1 Å². The van der Waals surface area contributed by atoms with Crippen molar-refractivity contribution in [2.24, 2.45) is 0 Å². The van der Waals surface area contributed by atoms with Crippen molar-refractivity contribution in [3.05, 3.63) is 28.0 Å². The van der Waals surface area contributed by atoms with E-state index in [0.29, 0.717) is 6.54 Å². The van der Waals surface area contributed by atoms with E-state index in [2.05, 4.69) is 39.1 Å². The summed E-state index contributed by atoms with van der Waals surface area (Å²) < 4.78 is 1.92. The van der Waals surface area contributed by atoms with Crippen molar-refractivity contribution in [2.75, 3.05) is 37.7 Å². The van der Waals surface area contributed by atoms with E-state index in [1.807, 2.05) is 11.6 Å². The second-order valence-corrected chi connectivity index (χ2v) is 6.97. The van der Waals surface area contributed by atoms with E-state index < -0.39 is 0 Å². The number of hydrogen-bond acceptors (Lipinski definition) is 6. The van der Waals surface area contributed by atoms with Crippen LogP contribution in [0.5, 0.6) is 0 Å². The Kier molecular flexibility index (Phi) is 4.99. The zero-order chi connectivity index (χ0) is 16.4. The highest BCUT2D eigenvalue weighted by Crippen LogP contribution is 2.22. The molecule has 0 aliphatic carbocycles. The predicted molar refractivity (Wildman–Crippen MR) is 93.1 cm³/mol. The van der Waals surface area contributed by atoms with E-state index in [1.54, 1.807) is 11.3 Å². The molecule has 0 atom stereocenters. The molecule has 7 heteroatoms. The van der Waals surface area contributed by atoms with Gasteiger partial charge in [0.05, 0.1) is 24.5 Å². The van der Waals surface area contributed by atoms with Crippen LogP contribution in [0.1, 0.15) is 22.6 Å². The van der Waals surface area contributed by atoms with Crippen LogP contribution in [0.2, 0.25) is 0 Å². The van der Waals surface area contributed by atoms with Crippen LogP contribution >= 0.6 is 11.3 Å². The smallest absolute Gasteiger partial charge is 0.185 e. The summed E-state index contributed by atoms with van der Waals surface area (Å²) in [6, 6.07) is 0. The highest BCUT2D eigenvalue weighted by molar-refractivity contribution is 7.13. The summed E-state index contributed by atoms with van der Waals surface area (Å²) in [7, 11) is 0. The number of hydrogen-bond donors (Lipinski definition) is 1. The largest absolute Gasteiger partial charge is 0.394 e. The first kappa shape index (κ1) is 16.4. The quantitative estimate of drug-likeness (QED) is 0.899. The summed E-state index contributed by atoms with van der Waals surface area (Å²) in [4.78, 5) is 9.45. The minimum atomic E-state index is 0.132. The topological polar surface area (TPSA) is 57.4 Å². The molecule has 6 nitrogen and oxygen atoms in total. The first-order chi connectivity index (χ1) is 11.1. The maximum atomic E-state index is 9.12. The molecule has 0 unspecified atom stereocenters. The molecule has 1 fully saturated rings. The van der Waals surface area contributed by atoms with Gasteiger partial charge in [-0.05, 0) is 20.8 Å². The summed E-state index contributed by atoms with van der Waals surface area (Å²) in [6.07, 6.45) is 0. The minimum absolute atomic E-state index is 0.132. The average molecular weight is 335 g/mol. The molecule has 1 aliphatic heterocycles. The summed E-state index contributed by atoms with van der Waals surface area (Å²) in [5, 5.41) is 16.9. The number of nitrogens with zero attached hydrogens (tertiary/aromatic N) is 5. The van der Waals surface area contributed by atoms with E-state index in [4.69, 9.17) is 5.11 Å². The molecule has 2 aromatic rings. The molecule has 3 rings (SSSR count). The highest BCUT2D eigenvalue weighted by Gasteiger charge is 2.21. The molecule has 0 spiro atoms. The number of aromatic nitrogens is 3. The van der Waals surface area contributed by atoms with Crippen LogP contribution < -0.4 is 4.90 Å². The lowest BCUT2D eigenvalue weighted by Crippen LogP contribution is -2.46. The Hall–Kier alpha value is -1.44. The van der Waals surface area contributed by atoms with E-state index in [1.165, 1.54) is 11.3 Å². The fraction of sp³-hybridized carbons (Fsp3) is 0.625. The summed E-state index contributed by atoms with van der Waals surface area (Å²) in [5.74, 6) is 0. The van der Waals surface area contributed by atoms with Gasteiger partial charge < -0.3 is 10.0 Å². The van der Waals surface area contributed by atoms with Crippen LogP contribution in [0.15, 0.2) is 5.38 Å². The van der Waals surface area contributed by atoms with Gasteiger partial charge in [0.2, 0.25) is 0 Å². The molecule has 2 aromatic heterocycles. The lowest BCUT2D eigenvalue weighted by molar-refractivity contribution is 0.248. The van der Waals surface area contributed by atoms with Gasteiger partial charge in [0.15, 0.2) is 5.13 Å². The van der Waals surface area contributed by atoms with Crippen molar-refractivity contribution in [3.63, 3.8) is 0 Å². The van der Waals surface area contributed by atoms with E-state index in [-0.39, 0.29) is 6.61 Å². The molecule has 1 aliphatic rings. The number of aryl methyl sites for hydroxylation is 2. The van der Waals surface area contributed by atoms with E-state index in [9.17, 15) is 0 Å². The van der Waals surface area contributed by atoms with Crippen molar-refractivity contribution in [2.45, 2.75) is 33.9 Å². The molecule has 3 heterocycles. The van der Waals surface area contributed by atoms with E-state index >= 15 is 0 Å². The number of aliphatic hydroxyl groups is 1. The van der Waals surface area contributed by atoms with Crippen molar-refractivity contribution in [3.8, 4) is 0 Å². The van der Waals surface area contributed by atoms with Gasteiger partial charge >= 0.3 is 0 Å². The highest BCUT2D eigenvalue weighted by atomic mass is 32.1. The monoisotopic (exact) mass is 335 g/mol. The third-order valence-electron chi connectivity index (χ3n) is 4.47. The fourth-order valence-electron chi connectivity index (χ4n) is 3.08. The third kappa shape index (κ3) is 3.57. The molecule has 0 aromatic carbocycles. The Labute approximate surface area is 141 Å². The lowest BCUT2D eigenvalue weighted by Gasteiger charge is -2.34. The molecular formula is C16H25N5OS. The Balaban J connectivity index is 1.61. The number of piperazine rings is 1. The van der Waals surface area contributed by atoms with Crippen molar-refractivity contribution in [1.82, 2.24) is 19.7 Å². The summed E-state index contributed by atoms with van der Waals surface area (Å²) >= 11 is 1.73. The first-order valence-electron chi connectivity index (χ1n) is 8.11. The Bertz CT molecular complexity index is 657. The Morgan fingerprint density at radius 2 is 1.91 bits per heavy atom. The number of rotatable bonds is 5. The summed E-state index contributed by atoms with van der Waals surface area (Å²) in [5.41, 5.74) is 4.66. The zero-order valence-electron chi connectivity index (χ0n) is 14.1. The second kappa shape index (κ2) is 6.98. The lowest BCUT2D eigenvalue weighted by atomic mass is 10.1. The molecule has 1 saturated heterocycles. The number of thiazole rings is 1. The molecule has 1 N–H and O–H groups in total. The van der Waals surface area contributed by atoms with Crippen LogP contribution in [0, 0.1) is 20.8 Å². The second-order valence-electron chi connectivity index (χ2n) is 6.13. The fourth-order valence-corrected chi connectivity index (χ4v) is 3.94. The molecule has 0 bridgehead atoms. The number of anilines is 1. The van der Waals surface area contributed by atoms with Gasteiger partial charge in [-0.25, -0.2) is 4.98 Å². The SMILES string of the molecule is Cc1csc(N2CCN(Cc3c(C)nn(CCO)c3C)CC2)n1. The maximum Gasteiger partial charge on any atom is 0.185 e. The van der Waals surface area contributed by atoms with Gasteiger partial charge in [0.1, 0.15) is 0 Å². The van der Waals surface area contributed by atoms with Gasteiger partial charge in [0, 0.05) is 49.4 Å².